The summed E-state index contributed by atoms with van der Waals surface area (Å²) in [5.41, 5.74) is 7.86. The second-order valence-electron chi connectivity index (χ2n) is 5.90. The van der Waals surface area contributed by atoms with Crippen molar-refractivity contribution < 1.29 is 0 Å². The SMILES string of the molecule is CCCC1CCC(C(N)CCc2ccsc2)CC1. The van der Waals surface area contributed by atoms with Gasteiger partial charge in [0.2, 0.25) is 0 Å². The lowest BCUT2D eigenvalue weighted by Crippen LogP contribution is -2.33. The maximum atomic E-state index is 6.39. The van der Waals surface area contributed by atoms with E-state index in [1.54, 1.807) is 11.3 Å². The molecule has 18 heavy (non-hydrogen) atoms. The van der Waals surface area contributed by atoms with Crippen molar-refractivity contribution in [3.63, 3.8) is 0 Å². The van der Waals surface area contributed by atoms with Crippen LogP contribution in [0.5, 0.6) is 0 Å². The highest BCUT2D eigenvalue weighted by Crippen LogP contribution is 2.33. The summed E-state index contributed by atoms with van der Waals surface area (Å²) in [6.45, 7) is 2.30. The Morgan fingerprint density at radius 2 is 2.11 bits per heavy atom. The van der Waals surface area contributed by atoms with Crippen molar-refractivity contribution in [1.82, 2.24) is 0 Å². The van der Waals surface area contributed by atoms with Gasteiger partial charge in [0.05, 0.1) is 0 Å². The molecular formula is C16H27NS. The Kier molecular flexibility index (Phi) is 5.71. The van der Waals surface area contributed by atoms with Crippen molar-refractivity contribution in [2.75, 3.05) is 0 Å². The molecule has 102 valence electrons. The van der Waals surface area contributed by atoms with Gasteiger partial charge in [0.1, 0.15) is 0 Å². The van der Waals surface area contributed by atoms with Crippen LogP contribution >= 0.6 is 11.3 Å². The fraction of sp³-hybridized carbons (Fsp3) is 0.750. The molecule has 0 aromatic carbocycles. The lowest BCUT2D eigenvalue weighted by molar-refractivity contribution is 0.228. The van der Waals surface area contributed by atoms with Crippen LogP contribution in [0, 0.1) is 11.8 Å². The van der Waals surface area contributed by atoms with E-state index in [0.717, 1.165) is 11.8 Å². The number of nitrogens with two attached hydrogens (primary N) is 1. The number of hydrogen-bond acceptors (Lipinski definition) is 2. The van der Waals surface area contributed by atoms with Crippen LogP contribution in [0.2, 0.25) is 0 Å². The molecule has 1 fully saturated rings. The van der Waals surface area contributed by atoms with Crippen LogP contribution in [0.15, 0.2) is 16.8 Å². The second-order valence-corrected chi connectivity index (χ2v) is 6.68. The third-order valence-electron chi connectivity index (χ3n) is 4.54. The number of thiophene rings is 1. The molecule has 2 heteroatoms. The third-order valence-corrected chi connectivity index (χ3v) is 5.27. The summed E-state index contributed by atoms with van der Waals surface area (Å²) in [6, 6.07) is 2.66. The summed E-state index contributed by atoms with van der Waals surface area (Å²) in [5, 5.41) is 4.42. The van der Waals surface area contributed by atoms with Gasteiger partial charge in [-0.05, 0) is 59.9 Å². The van der Waals surface area contributed by atoms with Gasteiger partial charge in [-0.15, -0.1) is 0 Å². The Hall–Kier alpha value is -0.340. The highest BCUT2D eigenvalue weighted by atomic mass is 32.1. The lowest BCUT2D eigenvalue weighted by atomic mass is 9.76. The first-order valence-electron chi connectivity index (χ1n) is 7.56. The van der Waals surface area contributed by atoms with Crippen molar-refractivity contribution in [3.05, 3.63) is 22.4 Å². The van der Waals surface area contributed by atoms with Crippen LogP contribution in [0.25, 0.3) is 0 Å². The zero-order chi connectivity index (χ0) is 12.8. The van der Waals surface area contributed by atoms with Crippen molar-refractivity contribution in [2.24, 2.45) is 17.6 Å². The summed E-state index contributed by atoms with van der Waals surface area (Å²) in [6.07, 6.45) is 10.7. The largest absolute Gasteiger partial charge is 0.327 e. The quantitative estimate of drug-likeness (QED) is 0.798. The summed E-state index contributed by atoms with van der Waals surface area (Å²) in [4.78, 5) is 0. The minimum atomic E-state index is 0.424. The van der Waals surface area contributed by atoms with Crippen LogP contribution in [0.3, 0.4) is 0 Å². The van der Waals surface area contributed by atoms with Gasteiger partial charge in [-0.2, -0.15) is 11.3 Å². The van der Waals surface area contributed by atoms with E-state index in [4.69, 9.17) is 5.73 Å². The monoisotopic (exact) mass is 265 g/mol. The van der Waals surface area contributed by atoms with Crippen LogP contribution < -0.4 is 5.73 Å². The second kappa shape index (κ2) is 7.30. The summed E-state index contributed by atoms with van der Waals surface area (Å²) in [5.74, 6) is 1.78. The van der Waals surface area contributed by atoms with E-state index in [1.165, 1.54) is 56.9 Å². The van der Waals surface area contributed by atoms with Gasteiger partial charge in [-0.1, -0.05) is 32.6 Å². The first kappa shape index (κ1) is 14.1. The average Bonchev–Trinajstić information content (AvgIpc) is 2.90. The van der Waals surface area contributed by atoms with Gasteiger partial charge in [0.25, 0.3) is 0 Å². The zero-order valence-electron chi connectivity index (χ0n) is 11.6. The standard InChI is InChI=1S/C16H27NS/c1-2-3-13-4-7-15(8-5-13)16(17)9-6-14-10-11-18-12-14/h10-13,15-16H,2-9,17H2,1H3. The minimum absolute atomic E-state index is 0.424. The zero-order valence-corrected chi connectivity index (χ0v) is 12.4. The summed E-state index contributed by atoms with van der Waals surface area (Å²) < 4.78 is 0. The van der Waals surface area contributed by atoms with Gasteiger partial charge in [0.15, 0.2) is 0 Å². The predicted molar refractivity (Wildman–Crippen MR) is 81.0 cm³/mol. The molecule has 2 N–H and O–H groups in total. The molecule has 0 saturated heterocycles. The predicted octanol–water partition coefficient (Wildman–Crippen LogP) is 4.61. The maximum absolute atomic E-state index is 6.39. The smallest absolute Gasteiger partial charge is 0.00703 e. The molecule has 1 nitrogen and oxygen atoms in total. The molecule has 1 aliphatic rings. The lowest BCUT2D eigenvalue weighted by Gasteiger charge is -2.32. The number of rotatable bonds is 6. The minimum Gasteiger partial charge on any atom is -0.327 e. The molecule has 1 heterocycles. The molecule has 1 aromatic heterocycles. The van der Waals surface area contributed by atoms with Crippen molar-refractivity contribution in [1.29, 1.82) is 0 Å². The van der Waals surface area contributed by atoms with Gasteiger partial charge < -0.3 is 5.73 Å². The highest BCUT2D eigenvalue weighted by Gasteiger charge is 2.24. The molecule has 1 aromatic rings. The Bertz CT molecular complexity index is 312. The van der Waals surface area contributed by atoms with Crippen LogP contribution in [0.1, 0.15) is 57.4 Å². The summed E-state index contributed by atoms with van der Waals surface area (Å²) >= 11 is 1.79. The van der Waals surface area contributed by atoms with E-state index in [0.29, 0.717) is 6.04 Å². The van der Waals surface area contributed by atoms with Crippen molar-refractivity contribution in [3.8, 4) is 0 Å². The van der Waals surface area contributed by atoms with Gasteiger partial charge in [0, 0.05) is 6.04 Å². The Morgan fingerprint density at radius 3 is 2.72 bits per heavy atom. The van der Waals surface area contributed by atoms with Gasteiger partial charge in [-0.3, -0.25) is 0 Å². The van der Waals surface area contributed by atoms with Crippen LogP contribution in [-0.4, -0.2) is 6.04 Å². The normalized spacial score (nSPS) is 26.1. The molecule has 1 unspecified atom stereocenters. The van der Waals surface area contributed by atoms with E-state index < -0.39 is 0 Å². The Balaban J connectivity index is 1.69. The number of aryl methyl sites for hydroxylation is 1. The fourth-order valence-corrected chi connectivity index (χ4v) is 4.02. The highest BCUT2D eigenvalue weighted by molar-refractivity contribution is 7.07. The molecule has 0 amide bonds. The fourth-order valence-electron chi connectivity index (χ4n) is 3.32. The molecule has 0 aliphatic heterocycles. The van der Waals surface area contributed by atoms with E-state index in [9.17, 15) is 0 Å². The number of hydrogen-bond donors (Lipinski definition) is 1. The van der Waals surface area contributed by atoms with Crippen LogP contribution in [0.4, 0.5) is 0 Å². The Morgan fingerprint density at radius 1 is 1.33 bits per heavy atom. The van der Waals surface area contributed by atoms with Gasteiger partial charge >= 0.3 is 0 Å². The molecule has 1 aliphatic carbocycles. The average molecular weight is 265 g/mol. The molecule has 0 bridgehead atoms. The van der Waals surface area contributed by atoms with E-state index in [2.05, 4.69) is 23.8 Å². The first-order valence-corrected chi connectivity index (χ1v) is 8.50. The van der Waals surface area contributed by atoms with E-state index in [1.807, 2.05) is 0 Å². The first-order chi connectivity index (χ1) is 8.79. The third kappa shape index (κ3) is 4.10. The molecular weight excluding hydrogens is 238 g/mol. The maximum Gasteiger partial charge on any atom is 0.00703 e. The van der Waals surface area contributed by atoms with Gasteiger partial charge in [-0.25, -0.2) is 0 Å². The van der Waals surface area contributed by atoms with Crippen molar-refractivity contribution in [2.45, 2.75) is 64.3 Å². The molecule has 0 radical (unpaired) electrons. The van der Waals surface area contributed by atoms with Crippen LogP contribution in [-0.2, 0) is 6.42 Å². The van der Waals surface area contributed by atoms with Crippen molar-refractivity contribution >= 4 is 11.3 Å². The molecule has 0 spiro atoms. The molecule has 2 rings (SSSR count). The Labute approximate surface area is 116 Å². The van der Waals surface area contributed by atoms with E-state index in [-0.39, 0.29) is 0 Å². The summed E-state index contributed by atoms with van der Waals surface area (Å²) in [7, 11) is 0. The molecule has 1 saturated carbocycles. The molecule has 1 atom stereocenters. The van der Waals surface area contributed by atoms with E-state index >= 15 is 0 Å². The topological polar surface area (TPSA) is 26.0 Å².